The lowest BCUT2D eigenvalue weighted by atomic mass is 9.70. The molecule has 3 saturated carbocycles. The molecule has 1 nitrogen and oxygen atoms in total. The largest absolute Gasteiger partial charge is 0.377 e. The fraction of sp³-hybridized carbons (Fsp3) is 1.00. The van der Waals surface area contributed by atoms with Gasteiger partial charge in [-0.15, -0.1) is 0 Å². The van der Waals surface area contributed by atoms with E-state index in [2.05, 4.69) is 33.4 Å². The van der Waals surface area contributed by atoms with Crippen LogP contribution < -0.4 is 0 Å². The quantitative estimate of drug-likeness (QED) is 0.748. The molecule has 17 heavy (non-hydrogen) atoms. The van der Waals surface area contributed by atoms with Crippen LogP contribution in [0.1, 0.15) is 52.9 Å². The minimum atomic E-state index is 0.421. The van der Waals surface area contributed by atoms with Crippen LogP contribution in [0, 0.1) is 22.2 Å². The zero-order chi connectivity index (χ0) is 12.3. The van der Waals surface area contributed by atoms with Crippen molar-refractivity contribution in [2.45, 2.75) is 59.0 Å². The molecule has 3 unspecified atom stereocenters. The van der Waals surface area contributed by atoms with E-state index in [1.807, 2.05) is 0 Å². The second-order valence-electron chi connectivity index (χ2n) is 7.57. The summed E-state index contributed by atoms with van der Waals surface area (Å²) < 4.78 is 6.34. The zero-order valence-corrected chi connectivity index (χ0v) is 12.4. The molecule has 0 aromatic heterocycles. The van der Waals surface area contributed by atoms with E-state index in [0.29, 0.717) is 22.3 Å². The molecule has 3 aliphatic rings. The number of hydrogen-bond donors (Lipinski definition) is 1. The Morgan fingerprint density at radius 2 is 1.88 bits per heavy atom. The molecule has 3 fully saturated rings. The van der Waals surface area contributed by atoms with Crippen molar-refractivity contribution in [3.8, 4) is 0 Å². The Hall–Kier alpha value is 0.310. The van der Waals surface area contributed by atoms with E-state index >= 15 is 0 Å². The Balaban J connectivity index is 1.66. The molecule has 2 bridgehead atoms. The van der Waals surface area contributed by atoms with Crippen molar-refractivity contribution in [1.29, 1.82) is 0 Å². The molecular weight excluding hydrogens is 228 g/mol. The monoisotopic (exact) mass is 254 g/mol. The summed E-state index contributed by atoms with van der Waals surface area (Å²) in [7, 11) is 0. The van der Waals surface area contributed by atoms with Gasteiger partial charge in [-0.3, -0.25) is 0 Å². The molecule has 0 aliphatic heterocycles. The molecule has 3 aliphatic carbocycles. The molecule has 0 aromatic carbocycles. The fourth-order valence-corrected chi connectivity index (χ4v) is 4.59. The highest BCUT2D eigenvalue weighted by molar-refractivity contribution is 7.80. The molecule has 0 spiro atoms. The SMILES string of the molecule is CC1(C)C2CCC1(C)C(OCC1(CS)CC1)C2. The smallest absolute Gasteiger partial charge is 0.0637 e. The average Bonchev–Trinajstić information content (AvgIpc) is 3.00. The van der Waals surface area contributed by atoms with Crippen LogP contribution in [0.4, 0.5) is 0 Å². The first kappa shape index (κ1) is 12.3. The summed E-state index contributed by atoms with van der Waals surface area (Å²) in [5.41, 5.74) is 1.35. The Bertz CT molecular complexity index is 321. The van der Waals surface area contributed by atoms with E-state index in [4.69, 9.17) is 4.74 Å². The van der Waals surface area contributed by atoms with Crippen LogP contribution in [0.3, 0.4) is 0 Å². The summed E-state index contributed by atoms with van der Waals surface area (Å²) in [6.45, 7) is 8.34. The predicted molar refractivity (Wildman–Crippen MR) is 74.5 cm³/mol. The number of hydrogen-bond acceptors (Lipinski definition) is 2. The molecular formula is C15H26OS. The lowest BCUT2D eigenvalue weighted by Gasteiger charge is -2.39. The van der Waals surface area contributed by atoms with E-state index in [1.165, 1.54) is 32.1 Å². The van der Waals surface area contributed by atoms with Gasteiger partial charge in [-0.2, -0.15) is 12.6 Å². The summed E-state index contributed by atoms with van der Waals surface area (Å²) >= 11 is 4.47. The Kier molecular flexibility index (Phi) is 2.66. The third-order valence-electron chi connectivity index (χ3n) is 6.60. The maximum absolute atomic E-state index is 6.34. The van der Waals surface area contributed by atoms with Crippen LogP contribution in [0.2, 0.25) is 0 Å². The molecule has 98 valence electrons. The molecule has 3 rings (SSSR count). The molecule has 0 saturated heterocycles. The maximum Gasteiger partial charge on any atom is 0.0637 e. The summed E-state index contributed by atoms with van der Waals surface area (Å²) in [4.78, 5) is 0. The van der Waals surface area contributed by atoms with Gasteiger partial charge in [-0.05, 0) is 54.6 Å². The highest BCUT2D eigenvalue weighted by Crippen LogP contribution is 2.66. The van der Waals surface area contributed by atoms with Crippen molar-refractivity contribution in [2.75, 3.05) is 12.4 Å². The first-order chi connectivity index (χ1) is 7.94. The predicted octanol–water partition coefficient (Wildman–Crippen LogP) is 3.93. The molecule has 2 heteroatoms. The number of ether oxygens (including phenoxy) is 1. The Morgan fingerprint density at radius 3 is 2.29 bits per heavy atom. The van der Waals surface area contributed by atoms with Gasteiger partial charge in [0, 0.05) is 5.41 Å². The van der Waals surface area contributed by atoms with E-state index in [1.54, 1.807) is 0 Å². The lowest BCUT2D eigenvalue weighted by molar-refractivity contribution is -0.0597. The van der Waals surface area contributed by atoms with Gasteiger partial charge < -0.3 is 4.74 Å². The van der Waals surface area contributed by atoms with E-state index in [0.717, 1.165) is 18.3 Å². The lowest BCUT2D eigenvalue weighted by Crippen LogP contribution is -2.38. The van der Waals surface area contributed by atoms with Crippen molar-refractivity contribution in [3.05, 3.63) is 0 Å². The second kappa shape index (κ2) is 3.66. The Labute approximate surface area is 111 Å². The molecule has 0 amide bonds. The molecule has 3 atom stereocenters. The van der Waals surface area contributed by atoms with Crippen LogP contribution in [0.15, 0.2) is 0 Å². The molecule has 0 N–H and O–H groups in total. The van der Waals surface area contributed by atoms with Gasteiger partial charge >= 0.3 is 0 Å². The second-order valence-corrected chi connectivity index (χ2v) is 7.88. The standard InChI is InChI=1S/C15H26OS/c1-13(2)11-4-5-14(13,3)12(8-11)16-9-15(10-17)6-7-15/h11-12,17H,4-10H2,1-3H3. The topological polar surface area (TPSA) is 9.23 Å². The van der Waals surface area contributed by atoms with Crippen LogP contribution in [0.5, 0.6) is 0 Å². The van der Waals surface area contributed by atoms with Gasteiger partial charge in [-0.25, -0.2) is 0 Å². The van der Waals surface area contributed by atoms with E-state index in [-0.39, 0.29) is 0 Å². The first-order valence-electron chi connectivity index (χ1n) is 7.16. The maximum atomic E-state index is 6.34. The Morgan fingerprint density at radius 1 is 1.18 bits per heavy atom. The molecule has 0 heterocycles. The fourth-order valence-electron chi connectivity index (χ4n) is 4.18. The molecule has 0 aromatic rings. The third-order valence-corrected chi connectivity index (χ3v) is 7.27. The number of fused-ring (bicyclic) bond motifs is 2. The van der Waals surface area contributed by atoms with Gasteiger partial charge in [0.05, 0.1) is 12.7 Å². The van der Waals surface area contributed by atoms with Crippen LogP contribution in [-0.2, 0) is 4.74 Å². The summed E-state index contributed by atoms with van der Waals surface area (Å²) in [5.74, 6) is 1.90. The minimum Gasteiger partial charge on any atom is -0.377 e. The average molecular weight is 254 g/mol. The van der Waals surface area contributed by atoms with E-state index < -0.39 is 0 Å². The van der Waals surface area contributed by atoms with Gasteiger partial charge in [0.1, 0.15) is 0 Å². The van der Waals surface area contributed by atoms with Gasteiger partial charge in [0.2, 0.25) is 0 Å². The minimum absolute atomic E-state index is 0.421. The first-order valence-corrected chi connectivity index (χ1v) is 7.79. The van der Waals surface area contributed by atoms with Crippen molar-refractivity contribution in [2.24, 2.45) is 22.2 Å². The highest BCUT2D eigenvalue weighted by atomic mass is 32.1. The van der Waals surface area contributed by atoms with Gasteiger partial charge in [0.25, 0.3) is 0 Å². The summed E-state index contributed by atoms with van der Waals surface area (Å²) in [5, 5.41) is 0. The number of thiol groups is 1. The van der Waals surface area contributed by atoms with Crippen molar-refractivity contribution in [3.63, 3.8) is 0 Å². The van der Waals surface area contributed by atoms with Gasteiger partial charge in [0.15, 0.2) is 0 Å². The van der Waals surface area contributed by atoms with Crippen molar-refractivity contribution >= 4 is 12.6 Å². The van der Waals surface area contributed by atoms with Crippen LogP contribution >= 0.6 is 12.6 Å². The third kappa shape index (κ3) is 1.63. The highest BCUT2D eigenvalue weighted by Gasteiger charge is 2.62. The van der Waals surface area contributed by atoms with E-state index in [9.17, 15) is 0 Å². The summed E-state index contributed by atoms with van der Waals surface area (Å²) in [6, 6.07) is 0. The van der Waals surface area contributed by atoms with Crippen LogP contribution in [-0.4, -0.2) is 18.5 Å². The van der Waals surface area contributed by atoms with Crippen LogP contribution in [0.25, 0.3) is 0 Å². The van der Waals surface area contributed by atoms with Crippen molar-refractivity contribution < 1.29 is 4.74 Å². The number of rotatable bonds is 4. The summed E-state index contributed by atoms with van der Waals surface area (Å²) in [6.07, 6.45) is 7.24. The van der Waals surface area contributed by atoms with Gasteiger partial charge in [-0.1, -0.05) is 20.8 Å². The molecule has 0 radical (unpaired) electrons. The zero-order valence-electron chi connectivity index (χ0n) is 11.5. The van der Waals surface area contributed by atoms with Crippen molar-refractivity contribution in [1.82, 2.24) is 0 Å². The normalized spacial score (nSPS) is 45.2.